The molecular weight excluding hydrogens is 330 g/mol. The van der Waals surface area contributed by atoms with Gasteiger partial charge in [-0.1, -0.05) is 45.9 Å². The van der Waals surface area contributed by atoms with Crippen molar-refractivity contribution in [1.82, 2.24) is 9.78 Å². The van der Waals surface area contributed by atoms with E-state index in [1.807, 2.05) is 57.7 Å². The number of hydrogen-bond donors (Lipinski definition) is 1. The van der Waals surface area contributed by atoms with Gasteiger partial charge < -0.3 is 10.0 Å². The fraction of sp³-hybridized carbons (Fsp3) is 0.550. The first-order valence-corrected chi connectivity index (χ1v) is 9.26. The summed E-state index contributed by atoms with van der Waals surface area (Å²) in [6.45, 7) is 15.0. The molecule has 0 amide bonds. The molecule has 0 saturated heterocycles. The van der Waals surface area contributed by atoms with Gasteiger partial charge in [-0.3, -0.25) is 9.59 Å². The second-order valence-corrected chi connectivity index (χ2v) is 5.83. The third-order valence-electron chi connectivity index (χ3n) is 3.58. The highest BCUT2D eigenvalue weighted by molar-refractivity contribution is 5.95. The molecule has 6 heteroatoms. The molecule has 0 spiro atoms. The molecule has 1 rings (SSSR count). The normalized spacial score (nSPS) is 10.5. The van der Waals surface area contributed by atoms with Crippen LogP contribution in [-0.2, 0) is 4.79 Å². The van der Waals surface area contributed by atoms with Crippen molar-refractivity contribution in [2.75, 3.05) is 18.0 Å². The number of carbonyl (C=O) groups excluding carboxylic acids is 1. The Labute approximate surface area is 157 Å². The number of rotatable bonds is 10. The van der Waals surface area contributed by atoms with Crippen molar-refractivity contribution in [3.05, 3.63) is 36.6 Å². The first-order chi connectivity index (χ1) is 12.4. The highest BCUT2D eigenvalue weighted by Crippen LogP contribution is 2.22. The van der Waals surface area contributed by atoms with E-state index < -0.39 is 18.3 Å². The molecule has 0 bridgehead atoms. The Hall–Kier alpha value is -2.37. The summed E-state index contributed by atoms with van der Waals surface area (Å²) in [5.74, 6) is -0.885. The Kier molecular flexibility index (Phi) is 11.7. The Bertz CT molecular complexity index is 603. The largest absolute Gasteiger partial charge is 0.481 e. The quantitative estimate of drug-likeness (QED) is 0.376. The number of allylic oxidation sites excluding steroid dienone is 2. The van der Waals surface area contributed by atoms with Crippen LogP contribution in [0.5, 0.6) is 0 Å². The molecular formula is C20H33N3O3. The molecule has 0 fully saturated rings. The third kappa shape index (κ3) is 7.68. The molecule has 6 nitrogen and oxygen atoms in total. The maximum Gasteiger partial charge on any atom is 0.312 e. The Balaban J connectivity index is 0.00000301. The van der Waals surface area contributed by atoms with Crippen LogP contribution in [0.2, 0.25) is 0 Å². The van der Waals surface area contributed by atoms with E-state index in [0.29, 0.717) is 18.9 Å². The zero-order valence-electron chi connectivity index (χ0n) is 16.7. The summed E-state index contributed by atoms with van der Waals surface area (Å²) in [4.78, 5) is 25.1. The average molecular weight is 364 g/mol. The van der Waals surface area contributed by atoms with Crippen LogP contribution >= 0.6 is 0 Å². The molecule has 1 heterocycles. The molecule has 0 aliphatic rings. The van der Waals surface area contributed by atoms with Crippen molar-refractivity contribution in [1.29, 1.82) is 0 Å². The Morgan fingerprint density at radius 2 is 1.96 bits per heavy atom. The first-order valence-electron chi connectivity index (χ1n) is 9.26. The van der Waals surface area contributed by atoms with Crippen LogP contribution in [-0.4, -0.2) is 39.9 Å². The Morgan fingerprint density at radius 1 is 1.31 bits per heavy atom. The van der Waals surface area contributed by atoms with E-state index in [2.05, 4.69) is 17.8 Å². The fourth-order valence-electron chi connectivity index (χ4n) is 2.20. The minimum Gasteiger partial charge on any atom is -0.481 e. The summed E-state index contributed by atoms with van der Waals surface area (Å²) in [6.07, 6.45) is 7.27. The van der Waals surface area contributed by atoms with Crippen LogP contribution in [0.15, 0.2) is 30.9 Å². The van der Waals surface area contributed by atoms with Gasteiger partial charge in [0.05, 0.1) is 5.69 Å². The second-order valence-electron chi connectivity index (χ2n) is 5.83. The molecule has 1 aromatic rings. The predicted molar refractivity (Wildman–Crippen MR) is 107 cm³/mol. The molecule has 0 aliphatic carbocycles. The van der Waals surface area contributed by atoms with Crippen LogP contribution in [0.25, 0.3) is 0 Å². The number of anilines is 1. The number of unbranched alkanes of at least 4 members (excludes halogenated alkanes) is 1. The number of hydrogen-bond acceptors (Lipinski definition) is 4. The van der Waals surface area contributed by atoms with Gasteiger partial charge >= 0.3 is 5.97 Å². The van der Waals surface area contributed by atoms with E-state index in [0.717, 1.165) is 18.5 Å². The first kappa shape index (κ1) is 23.6. The molecule has 0 radical (unpaired) electrons. The van der Waals surface area contributed by atoms with Crippen molar-refractivity contribution >= 4 is 17.7 Å². The minimum atomic E-state index is -1.15. The van der Waals surface area contributed by atoms with Gasteiger partial charge in [-0.15, -0.1) is 6.58 Å². The van der Waals surface area contributed by atoms with E-state index in [1.165, 1.54) is 4.68 Å². The minimum absolute atomic E-state index is 0.157. The summed E-state index contributed by atoms with van der Waals surface area (Å²) in [5.41, 5.74) is 0.776. The lowest BCUT2D eigenvalue weighted by Crippen LogP contribution is -2.28. The lowest BCUT2D eigenvalue weighted by molar-refractivity contribution is -0.136. The van der Waals surface area contributed by atoms with Crippen LogP contribution in [0, 0.1) is 0 Å². The maximum absolute atomic E-state index is 12.2. The van der Waals surface area contributed by atoms with Crippen LogP contribution < -0.4 is 4.90 Å². The number of carboxylic acid groups (broad SMARTS) is 1. The van der Waals surface area contributed by atoms with E-state index in [9.17, 15) is 9.59 Å². The van der Waals surface area contributed by atoms with Gasteiger partial charge in [0.2, 0.25) is 0 Å². The molecule has 1 aromatic heterocycles. The van der Waals surface area contributed by atoms with Gasteiger partial charge in [0.25, 0.3) is 5.91 Å². The van der Waals surface area contributed by atoms with E-state index in [-0.39, 0.29) is 5.92 Å². The molecule has 0 atom stereocenters. The smallest absolute Gasteiger partial charge is 0.312 e. The summed E-state index contributed by atoms with van der Waals surface area (Å²) in [7, 11) is 0. The second kappa shape index (κ2) is 12.9. The topological polar surface area (TPSA) is 75.4 Å². The molecule has 26 heavy (non-hydrogen) atoms. The molecule has 1 N–H and O–H groups in total. The molecule has 0 unspecified atom stereocenters. The SMILES string of the molecule is C=CCC/C=C/CN(CC)c1cc(C(C)C)nn1C(=O)CC(=O)O.CC. The monoisotopic (exact) mass is 363 g/mol. The van der Waals surface area contributed by atoms with E-state index >= 15 is 0 Å². The fourth-order valence-corrected chi connectivity index (χ4v) is 2.20. The predicted octanol–water partition coefficient (Wildman–Crippen LogP) is 4.50. The Morgan fingerprint density at radius 3 is 2.46 bits per heavy atom. The van der Waals surface area contributed by atoms with Gasteiger partial charge in [-0.2, -0.15) is 9.78 Å². The molecule has 146 valence electrons. The van der Waals surface area contributed by atoms with Crippen molar-refractivity contribution in [2.45, 2.75) is 59.8 Å². The number of carboxylic acids is 1. The van der Waals surface area contributed by atoms with Gasteiger partial charge in [-0.05, 0) is 25.7 Å². The average Bonchev–Trinajstić information content (AvgIpc) is 3.05. The van der Waals surface area contributed by atoms with E-state index in [1.54, 1.807) is 0 Å². The molecule has 0 aromatic carbocycles. The van der Waals surface area contributed by atoms with Gasteiger partial charge in [0.15, 0.2) is 0 Å². The van der Waals surface area contributed by atoms with Crippen LogP contribution in [0.4, 0.5) is 5.82 Å². The third-order valence-corrected chi connectivity index (χ3v) is 3.58. The summed E-state index contributed by atoms with van der Waals surface area (Å²) in [6, 6.07) is 1.87. The number of likely N-dealkylation sites (N-methyl/N-ethyl adjacent to an activating group) is 1. The zero-order chi connectivity index (χ0) is 20.1. The highest BCUT2D eigenvalue weighted by Gasteiger charge is 2.21. The van der Waals surface area contributed by atoms with Crippen LogP contribution in [0.1, 0.15) is 70.3 Å². The maximum atomic E-state index is 12.2. The van der Waals surface area contributed by atoms with Gasteiger partial charge in [0.1, 0.15) is 12.2 Å². The summed E-state index contributed by atoms with van der Waals surface area (Å²) < 4.78 is 1.23. The molecule has 0 saturated carbocycles. The van der Waals surface area contributed by atoms with Crippen molar-refractivity contribution in [3.63, 3.8) is 0 Å². The van der Waals surface area contributed by atoms with Crippen molar-refractivity contribution in [3.8, 4) is 0 Å². The van der Waals surface area contributed by atoms with Crippen molar-refractivity contribution in [2.24, 2.45) is 0 Å². The van der Waals surface area contributed by atoms with Crippen molar-refractivity contribution < 1.29 is 14.7 Å². The zero-order valence-corrected chi connectivity index (χ0v) is 16.7. The van der Waals surface area contributed by atoms with Crippen LogP contribution in [0.3, 0.4) is 0 Å². The number of carbonyl (C=O) groups is 2. The highest BCUT2D eigenvalue weighted by atomic mass is 16.4. The molecule has 0 aliphatic heterocycles. The van der Waals surface area contributed by atoms with Gasteiger partial charge in [0, 0.05) is 19.2 Å². The van der Waals surface area contributed by atoms with E-state index in [4.69, 9.17) is 5.11 Å². The van der Waals surface area contributed by atoms with Gasteiger partial charge in [-0.25, -0.2) is 0 Å². The number of aromatic nitrogens is 2. The summed E-state index contributed by atoms with van der Waals surface area (Å²) in [5, 5.41) is 13.2. The summed E-state index contributed by atoms with van der Waals surface area (Å²) >= 11 is 0. The lowest BCUT2D eigenvalue weighted by Gasteiger charge is -2.21. The number of nitrogens with zero attached hydrogens (tertiary/aromatic N) is 3. The lowest BCUT2D eigenvalue weighted by atomic mass is 10.1. The number of aliphatic carboxylic acids is 1. The standard InChI is InChI=1S/C18H27N3O3.C2H6/c1-5-7-8-9-10-11-20(6-2)16-12-15(14(3)4)19-21(16)17(22)13-18(23)24;1-2/h5,9-10,12,14H,1,6-8,11,13H2,2-4H3,(H,23,24);1-2H3/b10-9+;.